The van der Waals surface area contributed by atoms with Crippen LogP contribution in [0, 0.1) is 6.92 Å². The Morgan fingerprint density at radius 2 is 2.19 bits per heavy atom. The van der Waals surface area contributed by atoms with Crippen LogP contribution < -0.4 is 5.73 Å². The van der Waals surface area contributed by atoms with E-state index in [1.54, 1.807) is 0 Å². The fraction of sp³-hybridized carbons (Fsp3) is 0.583. The number of likely N-dealkylation sites (tertiary alicyclic amines) is 1. The molecule has 4 nitrogen and oxygen atoms in total. The summed E-state index contributed by atoms with van der Waals surface area (Å²) in [6, 6.07) is 4.11. The van der Waals surface area contributed by atoms with E-state index in [0.29, 0.717) is 0 Å². The first-order valence-corrected chi connectivity index (χ1v) is 5.71. The molecule has 1 saturated heterocycles. The Hall–Kier alpha value is -1.29. The maximum atomic E-state index is 12.3. The summed E-state index contributed by atoms with van der Waals surface area (Å²) in [5, 5.41) is 0. The second-order valence-corrected chi connectivity index (χ2v) is 4.61. The van der Waals surface area contributed by atoms with Crippen molar-refractivity contribution in [3.8, 4) is 0 Å². The van der Waals surface area contributed by atoms with Crippen LogP contribution in [-0.2, 0) is 7.05 Å². The van der Waals surface area contributed by atoms with Gasteiger partial charge in [0, 0.05) is 31.4 Å². The van der Waals surface area contributed by atoms with Crippen molar-refractivity contribution in [1.82, 2.24) is 9.47 Å². The van der Waals surface area contributed by atoms with Gasteiger partial charge in [0.2, 0.25) is 0 Å². The summed E-state index contributed by atoms with van der Waals surface area (Å²) < 4.78 is 1.93. The number of carbonyl (C=O) groups is 1. The maximum Gasteiger partial charge on any atom is 0.270 e. The van der Waals surface area contributed by atoms with Crippen LogP contribution >= 0.6 is 0 Å². The van der Waals surface area contributed by atoms with Gasteiger partial charge >= 0.3 is 0 Å². The zero-order valence-corrected chi connectivity index (χ0v) is 10.1. The summed E-state index contributed by atoms with van der Waals surface area (Å²) >= 11 is 0. The molecule has 1 aromatic rings. The van der Waals surface area contributed by atoms with Crippen LogP contribution in [0.5, 0.6) is 0 Å². The molecule has 0 aliphatic carbocycles. The van der Waals surface area contributed by atoms with Crippen LogP contribution in [0.25, 0.3) is 0 Å². The van der Waals surface area contributed by atoms with Gasteiger partial charge in [-0.1, -0.05) is 0 Å². The third kappa shape index (κ3) is 1.63. The molecular weight excluding hydrogens is 202 g/mol. The van der Waals surface area contributed by atoms with Crippen molar-refractivity contribution in [3.63, 3.8) is 0 Å². The zero-order valence-electron chi connectivity index (χ0n) is 10.1. The SMILES string of the molecule is Cc1ccc(C(=O)N2CCC(N)C2C)n1C. The van der Waals surface area contributed by atoms with E-state index in [2.05, 4.69) is 0 Å². The van der Waals surface area contributed by atoms with Crippen molar-refractivity contribution in [3.05, 3.63) is 23.5 Å². The summed E-state index contributed by atoms with van der Waals surface area (Å²) in [6.45, 7) is 4.78. The van der Waals surface area contributed by atoms with Crippen molar-refractivity contribution in [2.75, 3.05) is 6.54 Å². The van der Waals surface area contributed by atoms with Crippen molar-refractivity contribution in [1.29, 1.82) is 0 Å². The van der Waals surface area contributed by atoms with Gasteiger partial charge in [0.05, 0.1) is 0 Å². The predicted molar refractivity (Wildman–Crippen MR) is 63.2 cm³/mol. The molecule has 1 fully saturated rings. The smallest absolute Gasteiger partial charge is 0.270 e. The summed E-state index contributed by atoms with van der Waals surface area (Å²) in [6.07, 6.45) is 0.899. The largest absolute Gasteiger partial charge is 0.344 e. The van der Waals surface area contributed by atoms with Crippen LogP contribution in [-0.4, -0.2) is 34.0 Å². The molecule has 1 aliphatic rings. The van der Waals surface area contributed by atoms with Gasteiger partial charge in [0.1, 0.15) is 5.69 Å². The molecule has 0 bridgehead atoms. The van der Waals surface area contributed by atoms with E-state index in [1.807, 2.05) is 42.5 Å². The van der Waals surface area contributed by atoms with E-state index in [0.717, 1.165) is 24.4 Å². The molecule has 0 spiro atoms. The highest BCUT2D eigenvalue weighted by molar-refractivity contribution is 5.93. The zero-order chi connectivity index (χ0) is 11.9. The van der Waals surface area contributed by atoms with E-state index in [9.17, 15) is 4.79 Å². The van der Waals surface area contributed by atoms with Gasteiger partial charge in [0.15, 0.2) is 0 Å². The van der Waals surface area contributed by atoms with E-state index >= 15 is 0 Å². The quantitative estimate of drug-likeness (QED) is 0.766. The average molecular weight is 221 g/mol. The normalized spacial score (nSPS) is 25.1. The number of nitrogens with zero attached hydrogens (tertiary/aromatic N) is 2. The Kier molecular flexibility index (Phi) is 2.76. The lowest BCUT2D eigenvalue weighted by Gasteiger charge is -2.23. The minimum Gasteiger partial charge on any atom is -0.344 e. The number of aromatic nitrogens is 1. The van der Waals surface area contributed by atoms with E-state index in [4.69, 9.17) is 5.73 Å². The van der Waals surface area contributed by atoms with Gasteiger partial charge in [-0.3, -0.25) is 4.79 Å². The molecule has 2 unspecified atom stereocenters. The molecule has 2 N–H and O–H groups in total. The molecule has 4 heteroatoms. The van der Waals surface area contributed by atoms with E-state index in [-0.39, 0.29) is 18.0 Å². The second-order valence-electron chi connectivity index (χ2n) is 4.61. The molecule has 0 radical (unpaired) electrons. The van der Waals surface area contributed by atoms with Crippen LogP contribution in [0.15, 0.2) is 12.1 Å². The summed E-state index contributed by atoms with van der Waals surface area (Å²) in [7, 11) is 1.92. The molecular formula is C12H19N3O. The number of carbonyl (C=O) groups excluding carboxylic acids is 1. The first kappa shape index (κ1) is 11.2. The highest BCUT2D eigenvalue weighted by atomic mass is 16.2. The average Bonchev–Trinajstić information content (AvgIpc) is 2.74. The Balaban J connectivity index is 2.23. The predicted octanol–water partition coefficient (Wildman–Crippen LogP) is 0.895. The minimum atomic E-state index is 0.0936. The molecule has 0 aromatic carbocycles. The molecule has 1 aromatic heterocycles. The Morgan fingerprint density at radius 3 is 2.62 bits per heavy atom. The minimum absolute atomic E-state index is 0.0936. The number of hydrogen-bond donors (Lipinski definition) is 1. The Labute approximate surface area is 96.0 Å². The molecule has 2 rings (SSSR count). The van der Waals surface area contributed by atoms with Crippen molar-refractivity contribution >= 4 is 5.91 Å². The molecule has 88 valence electrons. The van der Waals surface area contributed by atoms with Crippen molar-refractivity contribution < 1.29 is 4.79 Å². The van der Waals surface area contributed by atoms with E-state index in [1.165, 1.54) is 0 Å². The van der Waals surface area contributed by atoms with Gasteiger partial charge in [0.25, 0.3) is 5.91 Å². The molecule has 1 aliphatic heterocycles. The van der Waals surface area contributed by atoms with Crippen molar-refractivity contribution in [2.24, 2.45) is 12.8 Å². The fourth-order valence-electron chi connectivity index (χ4n) is 2.23. The molecule has 1 amide bonds. The van der Waals surface area contributed by atoms with Gasteiger partial charge in [-0.05, 0) is 32.4 Å². The maximum absolute atomic E-state index is 12.3. The number of aryl methyl sites for hydroxylation is 1. The standard InChI is InChI=1S/C12H19N3O/c1-8-4-5-11(14(8)3)12(16)15-7-6-10(13)9(15)2/h4-5,9-10H,6-7,13H2,1-3H3. The molecule has 2 atom stereocenters. The van der Waals surface area contributed by atoms with Crippen molar-refractivity contribution in [2.45, 2.75) is 32.4 Å². The van der Waals surface area contributed by atoms with Crippen LogP contribution in [0.2, 0.25) is 0 Å². The number of amides is 1. The molecule has 2 heterocycles. The highest BCUT2D eigenvalue weighted by Gasteiger charge is 2.32. The van der Waals surface area contributed by atoms with Gasteiger partial charge in [-0.25, -0.2) is 0 Å². The number of nitrogens with two attached hydrogens (primary N) is 1. The highest BCUT2D eigenvalue weighted by Crippen LogP contribution is 2.19. The topological polar surface area (TPSA) is 51.3 Å². The summed E-state index contributed by atoms with van der Waals surface area (Å²) in [4.78, 5) is 14.2. The monoisotopic (exact) mass is 221 g/mol. The first-order chi connectivity index (χ1) is 7.52. The van der Waals surface area contributed by atoms with Crippen LogP contribution in [0.4, 0.5) is 0 Å². The Morgan fingerprint density at radius 1 is 1.50 bits per heavy atom. The number of hydrogen-bond acceptors (Lipinski definition) is 2. The first-order valence-electron chi connectivity index (χ1n) is 5.71. The lowest BCUT2D eigenvalue weighted by Crippen LogP contribution is -2.41. The van der Waals surface area contributed by atoms with Crippen LogP contribution in [0.1, 0.15) is 29.5 Å². The van der Waals surface area contributed by atoms with Crippen LogP contribution in [0.3, 0.4) is 0 Å². The van der Waals surface area contributed by atoms with Gasteiger partial charge in [-0.2, -0.15) is 0 Å². The van der Waals surface area contributed by atoms with Gasteiger partial charge < -0.3 is 15.2 Å². The summed E-state index contributed by atoms with van der Waals surface area (Å²) in [5.41, 5.74) is 7.77. The molecule has 16 heavy (non-hydrogen) atoms. The third-order valence-electron chi connectivity index (χ3n) is 3.67. The third-order valence-corrected chi connectivity index (χ3v) is 3.67. The van der Waals surface area contributed by atoms with Gasteiger partial charge in [-0.15, -0.1) is 0 Å². The second kappa shape index (κ2) is 3.94. The Bertz CT molecular complexity index is 410. The fourth-order valence-corrected chi connectivity index (χ4v) is 2.23. The lowest BCUT2D eigenvalue weighted by molar-refractivity contribution is 0.0732. The lowest BCUT2D eigenvalue weighted by atomic mass is 10.1. The van der Waals surface area contributed by atoms with E-state index < -0.39 is 0 Å². The summed E-state index contributed by atoms with van der Waals surface area (Å²) in [5.74, 6) is 0.0936. The molecule has 0 saturated carbocycles. The number of rotatable bonds is 1.